The van der Waals surface area contributed by atoms with E-state index in [1.165, 1.54) is 22.3 Å². The number of aromatic nitrogens is 4. The first-order valence-corrected chi connectivity index (χ1v) is 17.9. The number of likely N-dealkylation sites (tertiary alicyclic amines) is 2. The van der Waals surface area contributed by atoms with Crippen molar-refractivity contribution in [3.63, 3.8) is 0 Å². The molecule has 256 valence electrons. The van der Waals surface area contributed by atoms with Crippen molar-refractivity contribution in [3.8, 4) is 33.5 Å². The molecule has 10 nitrogen and oxygen atoms in total. The molecule has 1 saturated carbocycles. The number of hydrogen-bond acceptors (Lipinski definition) is 5. The van der Waals surface area contributed by atoms with Crippen molar-refractivity contribution in [1.29, 1.82) is 0 Å². The minimum Gasteiger partial charge on any atom is -0.465 e. The summed E-state index contributed by atoms with van der Waals surface area (Å²) in [6.07, 6.45) is 7.36. The number of nitrogens with zero attached hydrogens (tertiary/aromatic N) is 4. The molecular weight excluding hydrogens is 628 g/mol. The van der Waals surface area contributed by atoms with E-state index in [9.17, 15) is 14.7 Å². The Bertz CT molecular complexity index is 2160. The lowest BCUT2D eigenvalue weighted by molar-refractivity contribution is 0.0218. The van der Waals surface area contributed by atoms with E-state index < -0.39 is 11.7 Å². The summed E-state index contributed by atoms with van der Waals surface area (Å²) in [4.78, 5) is 45.0. The number of carbonyl (C=O) groups excluding carboxylic acids is 1. The van der Waals surface area contributed by atoms with Crippen LogP contribution >= 0.6 is 0 Å². The number of benzene rings is 3. The summed E-state index contributed by atoms with van der Waals surface area (Å²) in [5, 5.41) is 9.91. The Labute approximate surface area is 290 Å². The van der Waals surface area contributed by atoms with Gasteiger partial charge in [-0.25, -0.2) is 19.6 Å². The van der Waals surface area contributed by atoms with Crippen LogP contribution in [0.15, 0.2) is 60.8 Å². The van der Waals surface area contributed by atoms with Gasteiger partial charge in [-0.3, -0.25) is 9.80 Å². The third-order valence-corrected chi connectivity index (χ3v) is 11.2. The average Bonchev–Trinajstić information content (AvgIpc) is 3.94. The van der Waals surface area contributed by atoms with Crippen LogP contribution in [-0.2, 0) is 17.6 Å². The Morgan fingerprint density at radius 1 is 0.880 bits per heavy atom. The first-order chi connectivity index (χ1) is 24.1. The van der Waals surface area contributed by atoms with E-state index in [-0.39, 0.29) is 24.2 Å². The molecule has 3 aromatic carbocycles. The van der Waals surface area contributed by atoms with Gasteiger partial charge < -0.3 is 19.8 Å². The molecule has 2 bridgehead atoms. The van der Waals surface area contributed by atoms with Gasteiger partial charge >= 0.3 is 12.2 Å². The maximum absolute atomic E-state index is 12.9. The van der Waals surface area contributed by atoms with Crippen LogP contribution in [0.5, 0.6) is 0 Å². The number of ether oxygens (including phenoxy) is 1. The molecule has 4 atom stereocenters. The van der Waals surface area contributed by atoms with Gasteiger partial charge in [0.2, 0.25) is 0 Å². The van der Waals surface area contributed by atoms with Gasteiger partial charge in [0.15, 0.2) is 0 Å². The Morgan fingerprint density at radius 3 is 2.36 bits per heavy atom. The highest BCUT2D eigenvalue weighted by molar-refractivity contribution is 5.84. The Balaban J connectivity index is 0.945. The predicted octanol–water partition coefficient (Wildman–Crippen LogP) is 8.66. The van der Waals surface area contributed by atoms with Gasteiger partial charge in [-0.1, -0.05) is 36.4 Å². The fourth-order valence-corrected chi connectivity index (χ4v) is 8.95. The van der Waals surface area contributed by atoms with E-state index in [1.54, 1.807) is 9.80 Å². The highest BCUT2D eigenvalue weighted by atomic mass is 16.6. The van der Waals surface area contributed by atoms with Crippen molar-refractivity contribution in [3.05, 3.63) is 83.6 Å². The lowest BCUT2D eigenvalue weighted by atomic mass is 9.83. The maximum atomic E-state index is 12.9. The number of carbonyl (C=O) groups is 2. The zero-order valence-corrected chi connectivity index (χ0v) is 28.7. The monoisotopic (exact) mass is 670 g/mol. The zero-order valence-electron chi connectivity index (χ0n) is 28.7. The van der Waals surface area contributed by atoms with Crippen LogP contribution < -0.4 is 0 Å². The second-order valence-corrected chi connectivity index (χ2v) is 15.5. The third-order valence-electron chi connectivity index (χ3n) is 11.2. The maximum Gasteiger partial charge on any atom is 0.410 e. The van der Waals surface area contributed by atoms with E-state index in [0.29, 0.717) is 12.5 Å². The number of carboxylic acid groups (broad SMARTS) is 1. The molecule has 0 radical (unpaired) electrons. The number of hydrogen-bond donors (Lipinski definition) is 3. The summed E-state index contributed by atoms with van der Waals surface area (Å²) < 4.78 is 5.66. The fraction of sp³-hybridized carbons (Fsp3) is 0.400. The quantitative estimate of drug-likeness (QED) is 0.176. The molecular formula is C40H42N6O4. The highest BCUT2D eigenvalue weighted by Gasteiger charge is 2.50. The van der Waals surface area contributed by atoms with Crippen molar-refractivity contribution < 1.29 is 19.4 Å². The number of amides is 2. The molecule has 3 fully saturated rings. The molecule has 4 heterocycles. The number of aromatic amines is 2. The van der Waals surface area contributed by atoms with Crippen molar-refractivity contribution in [1.82, 2.24) is 29.7 Å². The van der Waals surface area contributed by atoms with Crippen LogP contribution in [0, 0.1) is 5.92 Å². The van der Waals surface area contributed by atoms with E-state index >= 15 is 0 Å². The second kappa shape index (κ2) is 11.5. The van der Waals surface area contributed by atoms with Crippen LogP contribution in [0.25, 0.3) is 44.5 Å². The van der Waals surface area contributed by atoms with Crippen LogP contribution in [0.4, 0.5) is 9.59 Å². The summed E-state index contributed by atoms with van der Waals surface area (Å²) in [5.74, 6) is 1.90. The van der Waals surface area contributed by atoms with E-state index in [0.717, 1.165) is 90.0 Å². The molecule has 3 N–H and O–H groups in total. The molecule has 50 heavy (non-hydrogen) atoms. The minimum atomic E-state index is -0.849. The lowest BCUT2D eigenvalue weighted by Gasteiger charge is -2.31. The van der Waals surface area contributed by atoms with Gasteiger partial charge in [0.25, 0.3) is 0 Å². The van der Waals surface area contributed by atoms with Crippen LogP contribution in [0.2, 0.25) is 0 Å². The van der Waals surface area contributed by atoms with Gasteiger partial charge in [-0.15, -0.1) is 0 Å². The van der Waals surface area contributed by atoms with Crippen LogP contribution in [0.1, 0.15) is 87.7 Å². The molecule has 10 heteroatoms. The SMILES string of the molecule is CC(C)(C)OC(=O)N1CCCC1c1ncc(-c2ccc3c(c2)CCc2cc(-c4ccc5nc(C6C7CCC(C7)N6C(=O)O)[nH]c5c4)ccc2-3)[nH]1. The van der Waals surface area contributed by atoms with Crippen molar-refractivity contribution in [2.45, 2.75) is 89.4 Å². The topological polar surface area (TPSA) is 127 Å². The third kappa shape index (κ3) is 5.23. The van der Waals surface area contributed by atoms with E-state index in [4.69, 9.17) is 14.7 Å². The minimum absolute atomic E-state index is 0.108. The summed E-state index contributed by atoms with van der Waals surface area (Å²) in [5.41, 5.74) is 10.8. The summed E-state index contributed by atoms with van der Waals surface area (Å²) in [7, 11) is 0. The molecule has 4 unspecified atom stereocenters. The second-order valence-electron chi connectivity index (χ2n) is 15.5. The first-order valence-electron chi connectivity index (χ1n) is 17.9. The highest BCUT2D eigenvalue weighted by Crippen LogP contribution is 2.50. The Morgan fingerprint density at radius 2 is 1.60 bits per heavy atom. The standard InChI is InChI=1S/C40H42N6O4/c1-40(2,3)50-39(49)45-16-4-5-34(45)36-41-21-33(44-36)26-10-14-30-25(18-26)7-6-24-17-22(9-13-29(24)30)23-11-15-31-32(20-23)43-37(42-31)35-27-8-12-28(19-27)46(35)38(47)48/h9-11,13-15,17-18,20-21,27-28,34-35H,4-8,12,16,19H2,1-3H3,(H,41,44)(H,42,43)(H,47,48). The van der Waals surface area contributed by atoms with Gasteiger partial charge in [-0.05, 0) is 129 Å². The number of fused-ring (bicyclic) bond motifs is 6. The van der Waals surface area contributed by atoms with Crippen molar-refractivity contribution >= 4 is 23.2 Å². The van der Waals surface area contributed by atoms with Gasteiger partial charge in [0.1, 0.15) is 17.2 Å². The van der Waals surface area contributed by atoms with Crippen LogP contribution in [-0.4, -0.2) is 65.2 Å². The molecule has 2 amide bonds. The molecule has 0 spiro atoms. The molecule has 2 aromatic heterocycles. The number of nitrogens with one attached hydrogen (secondary N) is 2. The first kappa shape index (κ1) is 30.9. The number of rotatable bonds is 4. The van der Waals surface area contributed by atoms with Crippen molar-refractivity contribution in [2.24, 2.45) is 5.92 Å². The van der Waals surface area contributed by atoms with E-state index in [2.05, 4.69) is 58.5 Å². The van der Waals surface area contributed by atoms with Gasteiger partial charge in [0, 0.05) is 12.6 Å². The lowest BCUT2D eigenvalue weighted by Crippen LogP contribution is -2.39. The average molecular weight is 671 g/mol. The Hall–Kier alpha value is -5.12. The van der Waals surface area contributed by atoms with Gasteiger partial charge in [-0.2, -0.15) is 0 Å². The smallest absolute Gasteiger partial charge is 0.410 e. The van der Waals surface area contributed by atoms with Gasteiger partial charge in [0.05, 0.1) is 35.0 Å². The Kier molecular flexibility index (Phi) is 7.09. The summed E-state index contributed by atoms with van der Waals surface area (Å²) in [6, 6.07) is 19.5. The number of aryl methyl sites for hydroxylation is 2. The predicted molar refractivity (Wildman–Crippen MR) is 191 cm³/mol. The number of piperidine rings is 1. The van der Waals surface area contributed by atoms with E-state index in [1.807, 2.05) is 33.0 Å². The zero-order chi connectivity index (χ0) is 34.3. The van der Waals surface area contributed by atoms with Crippen molar-refractivity contribution in [2.75, 3.05) is 6.54 Å². The summed E-state index contributed by atoms with van der Waals surface area (Å²) >= 11 is 0. The molecule has 5 aromatic rings. The molecule has 2 aliphatic carbocycles. The molecule has 9 rings (SSSR count). The molecule has 2 aliphatic heterocycles. The largest absolute Gasteiger partial charge is 0.465 e. The molecule has 4 aliphatic rings. The molecule has 2 saturated heterocycles. The number of imidazole rings is 2. The van der Waals surface area contributed by atoms with Crippen LogP contribution in [0.3, 0.4) is 0 Å². The fourth-order valence-electron chi connectivity index (χ4n) is 8.95. The number of H-pyrrole nitrogens is 2. The normalized spacial score (nSPS) is 22.6. The summed E-state index contributed by atoms with van der Waals surface area (Å²) in [6.45, 7) is 6.35.